The fraction of sp³-hybridized carbons (Fsp3) is 0.487. The van der Waals surface area contributed by atoms with E-state index in [-0.39, 0.29) is 5.41 Å². The van der Waals surface area contributed by atoms with Gasteiger partial charge in [0.1, 0.15) is 0 Å². The summed E-state index contributed by atoms with van der Waals surface area (Å²) in [6.07, 6.45) is 23.0. The molecule has 3 rings (SSSR count). The molecule has 0 spiro atoms. The van der Waals surface area contributed by atoms with Gasteiger partial charge in [-0.25, -0.2) is 0 Å². The Morgan fingerprint density at radius 1 is 0.775 bits per heavy atom. The molecule has 0 saturated heterocycles. The smallest absolute Gasteiger partial charge is 0.0541 e. The SMILES string of the molecule is CCCCCC(C)/C=C\c1c(C=CCCC(C)/C=C\C(C)(C)CC(C)(C)C)n(-c2ccccc2)c2ccccc12. The predicted octanol–water partition coefficient (Wildman–Crippen LogP) is 12.3. The molecule has 216 valence electrons. The van der Waals surface area contributed by atoms with Crippen LogP contribution >= 0.6 is 0 Å². The molecule has 0 N–H and O–H groups in total. The standard InChI is InChI=1S/C39H55N/c1-9-10-12-19-31(2)26-27-35-34-23-16-18-25-36(34)40(33-21-13-11-14-22-33)37(35)24-17-15-20-32(3)28-29-39(7,8)30-38(4,5)6/h11,13-14,16-18,21-29,31-32H,9-10,12,15,19-20,30H2,1-8H3/b24-17?,27-26-,29-28-. The van der Waals surface area contributed by atoms with Crippen LogP contribution in [0.2, 0.25) is 0 Å². The minimum atomic E-state index is 0.230. The van der Waals surface area contributed by atoms with Gasteiger partial charge in [0, 0.05) is 16.6 Å². The minimum absolute atomic E-state index is 0.230. The molecule has 40 heavy (non-hydrogen) atoms. The Bertz CT molecular complexity index is 1260. The van der Waals surface area contributed by atoms with Crippen LogP contribution < -0.4 is 0 Å². The molecule has 0 amide bonds. The first-order valence-electron chi connectivity index (χ1n) is 15.7. The number of aromatic nitrogens is 1. The first kappa shape index (κ1) is 31.7. The summed E-state index contributed by atoms with van der Waals surface area (Å²) in [6.45, 7) is 18.7. The molecule has 1 nitrogen and oxygen atoms in total. The molecule has 3 aromatic rings. The highest BCUT2D eigenvalue weighted by molar-refractivity contribution is 5.95. The summed E-state index contributed by atoms with van der Waals surface area (Å²) < 4.78 is 2.44. The number of fused-ring (bicyclic) bond motifs is 1. The van der Waals surface area contributed by atoms with Gasteiger partial charge >= 0.3 is 0 Å². The Morgan fingerprint density at radius 3 is 2.15 bits per heavy atom. The van der Waals surface area contributed by atoms with Crippen molar-refractivity contribution >= 4 is 23.1 Å². The van der Waals surface area contributed by atoms with Crippen molar-refractivity contribution < 1.29 is 0 Å². The summed E-state index contributed by atoms with van der Waals surface area (Å²) in [5.41, 5.74) is 5.66. The van der Waals surface area contributed by atoms with Crippen molar-refractivity contribution in [2.75, 3.05) is 0 Å². The van der Waals surface area contributed by atoms with Crippen LogP contribution in [-0.4, -0.2) is 4.57 Å². The van der Waals surface area contributed by atoms with Gasteiger partial charge in [-0.05, 0) is 72.6 Å². The van der Waals surface area contributed by atoms with Gasteiger partial charge in [0.05, 0.1) is 11.2 Å². The average molecular weight is 538 g/mol. The monoisotopic (exact) mass is 537 g/mol. The van der Waals surface area contributed by atoms with Gasteiger partial charge in [0.2, 0.25) is 0 Å². The third kappa shape index (κ3) is 9.69. The van der Waals surface area contributed by atoms with Crippen LogP contribution in [-0.2, 0) is 0 Å². The van der Waals surface area contributed by atoms with Crippen LogP contribution in [0.1, 0.15) is 112 Å². The lowest BCUT2D eigenvalue weighted by molar-refractivity contribution is 0.261. The number of unbranched alkanes of at least 4 members (excludes halogenated alkanes) is 2. The lowest BCUT2D eigenvalue weighted by atomic mass is 9.76. The molecule has 1 heteroatoms. The van der Waals surface area contributed by atoms with Gasteiger partial charge in [-0.15, -0.1) is 0 Å². The zero-order valence-electron chi connectivity index (χ0n) is 26.7. The topological polar surface area (TPSA) is 4.93 Å². The number of hydrogen-bond donors (Lipinski definition) is 0. The molecule has 2 unspecified atom stereocenters. The van der Waals surface area contributed by atoms with Crippen LogP contribution in [0.15, 0.2) is 78.9 Å². The molecule has 2 aromatic carbocycles. The summed E-state index contributed by atoms with van der Waals surface area (Å²) in [6, 6.07) is 19.7. The van der Waals surface area contributed by atoms with E-state index in [2.05, 4.69) is 151 Å². The predicted molar refractivity (Wildman–Crippen MR) is 180 cm³/mol. The molecule has 1 aromatic heterocycles. The summed E-state index contributed by atoms with van der Waals surface area (Å²) in [4.78, 5) is 0. The van der Waals surface area contributed by atoms with Gasteiger partial charge in [0.25, 0.3) is 0 Å². The Hall–Kier alpha value is -2.80. The second kappa shape index (κ2) is 14.7. The second-order valence-corrected chi connectivity index (χ2v) is 13.9. The van der Waals surface area contributed by atoms with E-state index in [1.54, 1.807) is 0 Å². The zero-order chi connectivity index (χ0) is 29.2. The highest BCUT2D eigenvalue weighted by Gasteiger charge is 2.23. The van der Waals surface area contributed by atoms with Crippen LogP contribution in [0.25, 0.3) is 28.7 Å². The molecular weight excluding hydrogens is 482 g/mol. The van der Waals surface area contributed by atoms with E-state index >= 15 is 0 Å². The Balaban J connectivity index is 1.87. The van der Waals surface area contributed by atoms with Crippen LogP contribution in [0.4, 0.5) is 0 Å². The molecular formula is C39H55N. The maximum Gasteiger partial charge on any atom is 0.0541 e. The third-order valence-electron chi connectivity index (χ3n) is 7.75. The molecule has 0 aliphatic heterocycles. The molecule has 0 aliphatic rings. The minimum Gasteiger partial charge on any atom is -0.309 e. The largest absolute Gasteiger partial charge is 0.309 e. The summed E-state index contributed by atoms with van der Waals surface area (Å²) in [5, 5.41) is 1.32. The third-order valence-corrected chi connectivity index (χ3v) is 7.75. The van der Waals surface area contributed by atoms with E-state index in [1.165, 1.54) is 60.0 Å². The Morgan fingerprint density at radius 2 is 1.45 bits per heavy atom. The number of para-hydroxylation sites is 2. The zero-order valence-corrected chi connectivity index (χ0v) is 26.7. The van der Waals surface area contributed by atoms with Crippen molar-refractivity contribution in [2.24, 2.45) is 22.7 Å². The van der Waals surface area contributed by atoms with Gasteiger partial charge in [0.15, 0.2) is 0 Å². The van der Waals surface area contributed by atoms with E-state index in [4.69, 9.17) is 0 Å². The summed E-state index contributed by atoms with van der Waals surface area (Å²) in [7, 11) is 0. The Kier molecular flexibility index (Phi) is 11.7. The highest BCUT2D eigenvalue weighted by Crippen LogP contribution is 2.35. The van der Waals surface area contributed by atoms with Crippen LogP contribution in [0, 0.1) is 22.7 Å². The van der Waals surface area contributed by atoms with E-state index in [1.807, 2.05) is 0 Å². The average Bonchev–Trinajstić information content (AvgIpc) is 3.21. The van der Waals surface area contributed by atoms with E-state index in [9.17, 15) is 0 Å². The number of nitrogens with zero attached hydrogens (tertiary/aromatic N) is 1. The molecule has 2 atom stereocenters. The Labute approximate surface area is 246 Å². The number of hydrogen-bond acceptors (Lipinski definition) is 0. The lowest BCUT2D eigenvalue weighted by Gasteiger charge is -2.30. The van der Waals surface area contributed by atoms with E-state index < -0.39 is 0 Å². The van der Waals surface area contributed by atoms with Gasteiger partial charge in [-0.3, -0.25) is 0 Å². The first-order chi connectivity index (χ1) is 19.0. The van der Waals surface area contributed by atoms with Gasteiger partial charge in [-0.1, -0.05) is 141 Å². The van der Waals surface area contributed by atoms with Crippen molar-refractivity contribution in [2.45, 2.75) is 100 Å². The van der Waals surface area contributed by atoms with Crippen molar-refractivity contribution in [3.05, 3.63) is 90.2 Å². The molecule has 0 aliphatic carbocycles. The maximum absolute atomic E-state index is 2.45. The first-order valence-corrected chi connectivity index (χ1v) is 15.7. The highest BCUT2D eigenvalue weighted by atomic mass is 15.0. The van der Waals surface area contributed by atoms with Crippen molar-refractivity contribution in [1.29, 1.82) is 0 Å². The molecule has 0 saturated carbocycles. The molecule has 0 bridgehead atoms. The summed E-state index contributed by atoms with van der Waals surface area (Å²) >= 11 is 0. The van der Waals surface area contributed by atoms with Crippen molar-refractivity contribution in [3.8, 4) is 5.69 Å². The molecule has 0 radical (unpaired) electrons. The van der Waals surface area contributed by atoms with Gasteiger partial charge < -0.3 is 4.57 Å². The lowest BCUT2D eigenvalue weighted by Crippen LogP contribution is -2.18. The van der Waals surface area contributed by atoms with Crippen molar-refractivity contribution in [3.63, 3.8) is 0 Å². The fourth-order valence-corrected chi connectivity index (χ4v) is 6.05. The summed E-state index contributed by atoms with van der Waals surface area (Å²) in [5.74, 6) is 1.14. The van der Waals surface area contributed by atoms with Crippen LogP contribution in [0.3, 0.4) is 0 Å². The number of rotatable bonds is 14. The van der Waals surface area contributed by atoms with E-state index in [0.717, 1.165) is 12.8 Å². The van der Waals surface area contributed by atoms with Crippen LogP contribution in [0.5, 0.6) is 0 Å². The van der Waals surface area contributed by atoms with Gasteiger partial charge in [-0.2, -0.15) is 0 Å². The normalized spacial score (nSPS) is 14.7. The molecule has 0 fully saturated rings. The number of benzene rings is 2. The second-order valence-electron chi connectivity index (χ2n) is 13.9. The van der Waals surface area contributed by atoms with Crippen molar-refractivity contribution in [1.82, 2.24) is 4.57 Å². The quantitative estimate of drug-likeness (QED) is 0.142. The molecule has 1 heterocycles. The fourth-order valence-electron chi connectivity index (χ4n) is 6.05. The number of allylic oxidation sites excluding steroid dienone is 4. The van der Waals surface area contributed by atoms with E-state index in [0.29, 0.717) is 17.3 Å². The maximum atomic E-state index is 2.45.